The minimum Gasteiger partial charge on any atom is -0.457 e. The van der Waals surface area contributed by atoms with Crippen LogP contribution in [0.2, 0.25) is 0 Å². The van der Waals surface area contributed by atoms with E-state index in [-0.39, 0.29) is 0 Å². The van der Waals surface area contributed by atoms with Gasteiger partial charge in [0.1, 0.15) is 11.5 Å². The van der Waals surface area contributed by atoms with Gasteiger partial charge < -0.3 is 19.9 Å². The third-order valence-electron chi connectivity index (χ3n) is 5.94. The second-order valence-corrected chi connectivity index (χ2v) is 10.2. The van der Waals surface area contributed by atoms with Crippen molar-refractivity contribution in [1.29, 1.82) is 0 Å². The number of nitrogens with one attached hydrogen (secondary N) is 1. The highest BCUT2D eigenvalue weighted by molar-refractivity contribution is 7.80. The first-order valence-corrected chi connectivity index (χ1v) is 13.1. The predicted molar refractivity (Wildman–Crippen MR) is 143 cm³/mol. The predicted octanol–water partition coefficient (Wildman–Crippen LogP) is 6.86. The van der Waals surface area contributed by atoms with Crippen molar-refractivity contribution in [2.24, 2.45) is 5.92 Å². The molecule has 0 aliphatic carbocycles. The molecular weight excluding hydrogens is 446 g/mol. The molecule has 3 aromatic rings. The quantitative estimate of drug-likeness (QED) is 0.338. The topological polar surface area (TPSA) is 27.7 Å². The lowest BCUT2D eigenvalue weighted by Crippen LogP contribution is -2.39. The fourth-order valence-corrected chi connectivity index (χ4v) is 5.24. The van der Waals surface area contributed by atoms with E-state index < -0.39 is 0 Å². The van der Waals surface area contributed by atoms with Gasteiger partial charge in [-0.2, -0.15) is 0 Å². The molecule has 0 spiro atoms. The molecule has 0 saturated carbocycles. The number of likely N-dealkylation sites (tertiary alicyclic amines) is 1. The maximum atomic E-state index is 5.90. The van der Waals surface area contributed by atoms with Crippen molar-refractivity contribution in [2.45, 2.75) is 32.7 Å². The van der Waals surface area contributed by atoms with Crippen molar-refractivity contribution in [3.63, 3.8) is 0 Å². The number of thiocarbonyl (C=S) groups is 1. The van der Waals surface area contributed by atoms with Crippen molar-refractivity contribution in [1.82, 2.24) is 9.80 Å². The van der Waals surface area contributed by atoms with E-state index in [0.29, 0.717) is 0 Å². The van der Waals surface area contributed by atoms with Crippen LogP contribution in [0.1, 0.15) is 31.1 Å². The Morgan fingerprint density at radius 3 is 2.61 bits per heavy atom. The van der Waals surface area contributed by atoms with E-state index in [2.05, 4.69) is 39.6 Å². The molecule has 1 fully saturated rings. The maximum Gasteiger partial charge on any atom is 0.173 e. The van der Waals surface area contributed by atoms with E-state index in [1.165, 1.54) is 30.8 Å². The Morgan fingerprint density at radius 1 is 1.09 bits per heavy atom. The van der Waals surface area contributed by atoms with Crippen molar-refractivity contribution >= 4 is 34.4 Å². The van der Waals surface area contributed by atoms with Crippen LogP contribution in [0.25, 0.3) is 0 Å². The molecule has 2 heterocycles. The van der Waals surface area contributed by atoms with E-state index >= 15 is 0 Å². The Hall–Kier alpha value is -2.41. The monoisotopic (exact) mass is 479 g/mol. The van der Waals surface area contributed by atoms with Crippen LogP contribution in [0.3, 0.4) is 0 Å². The van der Waals surface area contributed by atoms with Crippen LogP contribution in [-0.4, -0.2) is 41.1 Å². The van der Waals surface area contributed by atoms with Crippen LogP contribution in [0, 0.1) is 5.92 Å². The van der Waals surface area contributed by atoms with E-state index in [1.54, 1.807) is 11.3 Å². The molecule has 33 heavy (non-hydrogen) atoms. The highest BCUT2D eigenvalue weighted by atomic mass is 32.1. The molecule has 0 amide bonds. The zero-order chi connectivity index (χ0) is 22.9. The second kappa shape index (κ2) is 12.2. The average Bonchev–Trinajstić information content (AvgIpc) is 3.34. The molecule has 1 saturated heterocycles. The third kappa shape index (κ3) is 7.56. The first kappa shape index (κ1) is 23.7. The zero-order valence-electron chi connectivity index (χ0n) is 19.3. The van der Waals surface area contributed by atoms with Gasteiger partial charge in [0.05, 0.1) is 6.54 Å². The summed E-state index contributed by atoms with van der Waals surface area (Å²) in [6.07, 6.45) is 3.80. The molecule has 4 nitrogen and oxygen atoms in total. The lowest BCUT2D eigenvalue weighted by atomic mass is 10.0. The van der Waals surface area contributed by atoms with Gasteiger partial charge in [-0.3, -0.25) is 0 Å². The van der Waals surface area contributed by atoms with Gasteiger partial charge in [0.2, 0.25) is 0 Å². The SMILES string of the molecule is CC1CCCN(CCCN(Cc2cccs2)C(=S)Nc2ccc(Oc3ccccc3)cc2)C1. The van der Waals surface area contributed by atoms with E-state index in [0.717, 1.165) is 54.3 Å². The number of anilines is 1. The Morgan fingerprint density at radius 2 is 1.88 bits per heavy atom. The third-order valence-corrected chi connectivity index (χ3v) is 7.16. The summed E-state index contributed by atoms with van der Waals surface area (Å²) in [5.74, 6) is 2.46. The highest BCUT2D eigenvalue weighted by Gasteiger charge is 2.17. The zero-order valence-corrected chi connectivity index (χ0v) is 20.9. The van der Waals surface area contributed by atoms with Crippen LogP contribution in [0.15, 0.2) is 72.1 Å². The van der Waals surface area contributed by atoms with Crippen LogP contribution < -0.4 is 10.1 Å². The van der Waals surface area contributed by atoms with Gasteiger partial charge in [0, 0.05) is 23.7 Å². The first-order valence-electron chi connectivity index (χ1n) is 11.8. The molecule has 1 aromatic heterocycles. The van der Waals surface area contributed by atoms with Crippen LogP contribution in [-0.2, 0) is 6.54 Å². The molecule has 6 heteroatoms. The summed E-state index contributed by atoms with van der Waals surface area (Å²) < 4.78 is 5.90. The van der Waals surface area contributed by atoms with Gasteiger partial charge in [0.15, 0.2) is 5.11 Å². The van der Waals surface area contributed by atoms with Crippen LogP contribution in [0.4, 0.5) is 5.69 Å². The number of hydrogen-bond donors (Lipinski definition) is 1. The minimum absolute atomic E-state index is 0.770. The molecule has 0 bridgehead atoms. The lowest BCUT2D eigenvalue weighted by molar-refractivity contribution is 0.177. The molecule has 174 valence electrons. The average molecular weight is 480 g/mol. The number of rotatable bonds is 9. The molecule has 1 atom stereocenters. The van der Waals surface area contributed by atoms with Gasteiger partial charge in [-0.15, -0.1) is 11.3 Å². The Kier molecular flexibility index (Phi) is 8.75. The van der Waals surface area contributed by atoms with Crippen molar-refractivity contribution in [2.75, 3.05) is 31.5 Å². The van der Waals surface area contributed by atoms with Crippen molar-refractivity contribution in [3.05, 3.63) is 77.0 Å². The Labute approximate surface area is 207 Å². The number of thiophene rings is 1. The summed E-state index contributed by atoms with van der Waals surface area (Å²) in [7, 11) is 0. The summed E-state index contributed by atoms with van der Waals surface area (Å²) in [4.78, 5) is 6.24. The number of nitrogens with zero attached hydrogens (tertiary/aromatic N) is 2. The maximum absolute atomic E-state index is 5.90. The second-order valence-electron chi connectivity index (χ2n) is 8.77. The van der Waals surface area contributed by atoms with Crippen LogP contribution >= 0.6 is 23.6 Å². The molecule has 0 radical (unpaired) electrons. The summed E-state index contributed by atoms with van der Waals surface area (Å²) in [6, 6.07) is 22.1. The lowest BCUT2D eigenvalue weighted by Gasteiger charge is -2.32. The first-order chi connectivity index (χ1) is 16.2. The van der Waals surface area contributed by atoms with Crippen molar-refractivity contribution in [3.8, 4) is 11.5 Å². The molecule has 1 aliphatic rings. The normalized spacial score (nSPS) is 16.3. The van der Waals surface area contributed by atoms with E-state index in [4.69, 9.17) is 17.0 Å². The molecule has 1 N–H and O–H groups in total. The Balaban J connectivity index is 1.33. The summed E-state index contributed by atoms with van der Waals surface area (Å²) in [6.45, 7) is 7.75. The minimum atomic E-state index is 0.770. The number of hydrogen-bond acceptors (Lipinski definition) is 4. The summed E-state index contributed by atoms with van der Waals surface area (Å²) in [5.41, 5.74) is 0.974. The molecular formula is C27H33N3OS2. The van der Waals surface area contributed by atoms with Crippen molar-refractivity contribution < 1.29 is 4.74 Å². The van der Waals surface area contributed by atoms with Gasteiger partial charge in [-0.05, 0) is 98.3 Å². The van der Waals surface area contributed by atoms with Gasteiger partial charge in [-0.1, -0.05) is 31.2 Å². The fourth-order valence-electron chi connectivity index (χ4n) is 4.25. The summed E-state index contributed by atoms with van der Waals surface area (Å²) >= 11 is 7.62. The van der Waals surface area contributed by atoms with Gasteiger partial charge in [0.25, 0.3) is 0 Å². The summed E-state index contributed by atoms with van der Waals surface area (Å²) in [5, 5.41) is 6.33. The standard InChI is InChI=1S/C27H33N3OS2/c1-22-8-5-16-29(20-22)17-7-18-30(21-26-11-6-19-33-26)27(32)28-23-12-14-25(15-13-23)31-24-9-3-2-4-10-24/h2-4,6,9-15,19,22H,5,7-8,16-18,20-21H2,1H3,(H,28,32). The number of piperidine rings is 1. The fraction of sp³-hybridized carbons (Fsp3) is 0.370. The van der Waals surface area contributed by atoms with Gasteiger partial charge in [-0.25, -0.2) is 0 Å². The molecule has 1 unspecified atom stereocenters. The highest BCUT2D eigenvalue weighted by Crippen LogP contribution is 2.23. The smallest absolute Gasteiger partial charge is 0.173 e. The molecule has 1 aliphatic heterocycles. The Bertz CT molecular complexity index is 976. The largest absolute Gasteiger partial charge is 0.457 e. The molecule has 4 rings (SSSR count). The molecule has 2 aromatic carbocycles. The van der Waals surface area contributed by atoms with E-state index in [1.807, 2.05) is 54.6 Å². The van der Waals surface area contributed by atoms with E-state index in [9.17, 15) is 0 Å². The number of benzene rings is 2. The number of ether oxygens (including phenoxy) is 1. The number of para-hydroxylation sites is 1. The van der Waals surface area contributed by atoms with Gasteiger partial charge >= 0.3 is 0 Å². The van der Waals surface area contributed by atoms with Crippen LogP contribution in [0.5, 0.6) is 11.5 Å².